The lowest BCUT2D eigenvalue weighted by atomic mass is 10.1. The molecule has 0 aliphatic carbocycles. The summed E-state index contributed by atoms with van der Waals surface area (Å²) in [6.45, 7) is 5.22. The predicted molar refractivity (Wildman–Crippen MR) is 115 cm³/mol. The van der Waals surface area contributed by atoms with Gasteiger partial charge in [-0.3, -0.25) is 13.8 Å². The average molecular weight is 431 g/mol. The topological polar surface area (TPSA) is 84.9 Å². The molecule has 1 unspecified atom stereocenters. The highest BCUT2D eigenvalue weighted by Crippen LogP contribution is 2.31. The SMILES string of the molecule is CCOC(CNC(=O)c1ccc2c(c1)N(Cc1ccccc1)C(=O)CS2=O)OCC. The summed E-state index contributed by atoms with van der Waals surface area (Å²) in [5.41, 5.74) is 1.84. The minimum atomic E-state index is -1.42. The van der Waals surface area contributed by atoms with Gasteiger partial charge in [-0.2, -0.15) is 0 Å². The van der Waals surface area contributed by atoms with E-state index in [1.54, 1.807) is 23.1 Å². The largest absolute Gasteiger partial charge is 0.351 e. The molecule has 1 N–H and O–H groups in total. The molecular formula is C22H26N2O5S. The summed E-state index contributed by atoms with van der Waals surface area (Å²) in [6, 6.07) is 14.5. The van der Waals surface area contributed by atoms with E-state index in [2.05, 4.69) is 5.32 Å². The number of hydrogen-bond donors (Lipinski definition) is 1. The summed E-state index contributed by atoms with van der Waals surface area (Å²) in [7, 11) is -1.42. The number of nitrogens with zero attached hydrogens (tertiary/aromatic N) is 1. The third-order valence-electron chi connectivity index (χ3n) is 4.63. The molecule has 30 heavy (non-hydrogen) atoms. The van der Waals surface area contributed by atoms with Gasteiger partial charge in [0.25, 0.3) is 5.91 Å². The van der Waals surface area contributed by atoms with Gasteiger partial charge in [0.2, 0.25) is 5.91 Å². The molecule has 1 aliphatic rings. The molecule has 160 valence electrons. The van der Waals surface area contributed by atoms with Crippen LogP contribution in [0.4, 0.5) is 5.69 Å². The van der Waals surface area contributed by atoms with Crippen molar-refractivity contribution in [3.8, 4) is 0 Å². The summed E-state index contributed by atoms with van der Waals surface area (Å²) < 4.78 is 23.3. The molecule has 3 rings (SSSR count). The second-order valence-electron chi connectivity index (χ2n) is 6.69. The number of benzene rings is 2. The summed E-state index contributed by atoms with van der Waals surface area (Å²) >= 11 is 0. The van der Waals surface area contributed by atoms with Crippen LogP contribution < -0.4 is 10.2 Å². The Bertz CT molecular complexity index is 913. The summed E-state index contributed by atoms with van der Waals surface area (Å²) in [6.07, 6.45) is -0.523. The third kappa shape index (κ3) is 5.33. The van der Waals surface area contributed by atoms with Gasteiger partial charge in [0.15, 0.2) is 6.29 Å². The molecular weight excluding hydrogens is 404 g/mol. The van der Waals surface area contributed by atoms with Gasteiger partial charge in [0, 0.05) is 18.8 Å². The quantitative estimate of drug-likeness (QED) is 0.618. The van der Waals surface area contributed by atoms with E-state index in [-0.39, 0.29) is 24.1 Å². The first-order valence-corrected chi connectivity index (χ1v) is 11.2. The number of amides is 2. The van der Waals surface area contributed by atoms with Gasteiger partial charge in [-0.25, -0.2) is 0 Å². The lowest BCUT2D eigenvalue weighted by molar-refractivity contribution is -0.131. The highest BCUT2D eigenvalue weighted by atomic mass is 32.2. The van der Waals surface area contributed by atoms with Gasteiger partial charge in [-0.15, -0.1) is 0 Å². The van der Waals surface area contributed by atoms with Crippen LogP contribution in [-0.2, 0) is 31.6 Å². The van der Waals surface area contributed by atoms with Crippen molar-refractivity contribution in [3.63, 3.8) is 0 Å². The van der Waals surface area contributed by atoms with E-state index >= 15 is 0 Å². The maximum atomic E-state index is 12.7. The monoisotopic (exact) mass is 430 g/mol. The van der Waals surface area contributed by atoms with Gasteiger partial charge in [0.1, 0.15) is 5.75 Å². The molecule has 1 atom stereocenters. The van der Waals surface area contributed by atoms with E-state index in [4.69, 9.17) is 9.47 Å². The number of carbonyl (C=O) groups excluding carboxylic acids is 2. The molecule has 1 heterocycles. The standard InChI is InChI=1S/C22H26N2O5S/c1-3-28-21(29-4-2)13-23-22(26)17-10-11-19-18(12-17)24(20(25)15-30(19)27)14-16-8-6-5-7-9-16/h5-12,21H,3-4,13-15H2,1-2H3,(H,23,26). The zero-order valence-corrected chi connectivity index (χ0v) is 17.9. The van der Waals surface area contributed by atoms with Gasteiger partial charge in [0.05, 0.1) is 34.5 Å². The molecule has 0 saturated carbocycles. The Balaban J connectivity index is 1.81. The van der Waals surface area contributed by atoms with Crippen molar-refractivity contribution in [1.29, 1.82) is 0 Å². The average Bonchev–Trinajstić information content (AvgIpc) is 2.75. The van der Waals surface area contributed by atoms with Crippen molar-refractivity contribution in [2.75, 3.05) is 30.4 Å². The summed E-state index contributed by atoms with van der Waals surface area (Å²) in [4.78, 5) is 27.4. The van der Waals surface area contributed by atoms with Crippen LogP contribution in [0, 0.1) is 0 Å². The normalized spacial score (nSPS) is 15.9. The van der Waals surface area contributed by atoms with E-state index < -0.39 is 17.1 Å². The van der Waals surface area contributed by atoms with Crippen LogP contribution in [0.5, 0.6) is 0 Å². The smallest absolute Gasteiger partial charge is 0.251 e. The Kier molecular flexibility index (Phi) is 7.73. The number of hydrogen-bond acceptors (Lipinski definition) is 5. The second kappa shape index (κ2) is 10.5. The number of carbonyl (C=O) groups is 2. The van der Waals surface area contributed by atoms with E-state index in [0.717, 1.165) is 5.56 Å². The van der Waals surface area contributed by atoms with Crippen molar-refractivity contribution < 1.29 is 23.3 Å². The Morgan fingerprint density at radius 3 is 2.50 bits per heavy atom. The van der Waals surface area contributed by atoms with Crippen molar-refractivity contribution in [3.05, 3.63) is 59.7 Å². The summed E-state index contributed by atoms with van der Waals surface area (Å²) in [5.74, 6) is -0.601. The van der Waals surface area contributed by atoms with Crippen LogP contribution in [0.25, 0.3) is 0 Å². The van der Waals surface area contributed by atoms with Crippen LogP contribution in [-0.4, -0.2) is 47.8 Å². The Labute approximate surface area is 178 Å². The number of anilines is 1. The Hall–Kier alpha value is -2.55. The lowest BCUT2D eigenvalue weighted by Crippen LogP contribution is -2.39. The highest BCUT2D eigenvalue weighted by Gasteiger charge is 2.30. The maximum Gasteiger partial charge on any atom is 0.251 e. The van der Waals surface area contributed by atoms with Crippen LogP contribution in [0.15, 0.2) is 53.4 Å². The number of rotatable bonds is 9. The molecule has 0 fully saturated rings. The fraction of sp³-hybridized carbons (Fsp3) is 0.364. The van der Waals surface area contributed by atoms with Gasteiger partial charge < -0.3 is 19.7 Å². The zero-order chi connectivity index (χ0) is 21.5. The van der Waals surface area contributed by atoms with E-state index in [9.17, 15) is 13.8 Å². The van der Waals surface area contributed by atoms with Crippen molar-refractivity contribution in [1.82, 2.24) is 5.32 Å². The first kappa shape index (κ1) is 22.1. The van der Waals surface area contributed by atoms with Gasteiger partial charge in [-0.1, -0.05) is 30.3 Å². The first-order chi connectivity index (χ1) is 14.5. The van der Waals surface area contributed by atoms with Crippen LogP contribution in [0.3, 0.4) is 0 Å². The molecule has 0 spiro atoms. The molecule has 2 aromatic rings. The van der Waals surface area contributed by atoms with E-state index in [0.29, 0.717) is 35.9 Å². The zero-order valence-electron chi connectivity index (χ0n) is 17.1. The van der Waals surface area contributed by atoms with Crippen molar-refractivity contribution in [2.24, 2.45) is 0 Å². The molecule has 2 amide bonds. The number of nitrogens with one attached hydrogen (secondary N) is 1. The molecule has 1 aliphatic heterocycles. The third-order valence-corrected chi connectivity index (χ3v) is 5.98. The first-order valence-electron chi connectivity index (χ1n) is 9.91. The van der Waals surface area contributed by atoms with Crippen molar-refractivity contribution >= 4 is 28.3 Å². The molecule has 0 aromatic heterocycles. The fourth-order valence-corrected chi connectivity index (χ4v) is 4.38. The summed E-state index contributed by atoms with van der Waals surface area (Å²) in [5, 5.41) is 2.79. The fourth-order valence-electron chi connectivity index (χ4n) is 3.22. The van der Waals surface area contributed by atoms with E-state index in [1.165, 1.54) is 0 Å². The molecule has 7 nitrogen and oxygen atoms in total. The predicted octanol–water partition coefficient (Wildman–Crippen LogP) is 2.47. The van der Waals surface area contributed by atoms with E-state index in [1.807, 2.05) is 44.2 Å². The Morgan fingerprint density at radius 1 is 1.13 bits per heavy atom. The molecule has 0 bridgehead atoms. The molecule has 2 aromatic carbocycles. The number of fused-ring (bicyclic) bond motifs is 1. The Morgan fingerprint density at radius 2 is 1.83 bits per heavy atom. The van der Waals surface area contributed by atoms with Crippen LogP contribution >= 0.6 is 0 Å². The van der Waals surface area contributed by atoms with Gasteiger partial charge >= 0.3 is 0 Å². The second-order valence-corrected chi connectivity index (χ2v) is 8.11. The minimum absolute atomic E-state index is 0.0598. The van der Waals surface area contributed by atoms with Crippen LogP contribution in [0.1, 0.15) is 29.8 Å². The highest BCUT2D eigenvalue weighted by molar-refractivity contribution is 7.86. The molecule has 0 radical (unpaired) electrons. The number of ether oxygens (including phenoxy) is 2. The molecule has 0 saturated heterocycles. The molecule has 8 heteroatoms. The van der Waals surface area contributed by atoms with Crippen LogP contribution in [0.2, 0.25) is 0 Å². The van der Waals surface area contributed by atoms with Crippen molar-refractivity contribution in [2.45, 2.75) is 31.6 Å². The lowest BCUT2D eigenvalue weighted by Gasteiger charge is -2.29. The van der Waals surface area contributed by atoms with Gasteiger partial charge in [-0.05, 0) is 37.6 Å². The minimum Gasteiger partial charge on any atom is -0.351 e. The maximum absolute atomic E-state index is 12.7.